The molecule has 2 aromatic heterocycles. The molecule has 0 bridgehead atoms. The molecule has 3 heterocycles. The van der Waals surface area contributed by atoms with Gasteiger partial charge in [0.1, 0.15) is 4.21 Å². The molecule has 7 nitrogen and oxygen atoms in total. The smallest absolute Gasteiger partial charge is 0.271 e. The van der Waals surface area contributed by atoms with Crippen molar-refractivity contribution in [2.24, 2.45) is 0 Å². The summed E-state index contributed by atoms with van der Waals surface area (Å²) in [5.41, 5.74) is 2.52. The van der Waals surface area contributed by atoms with E-state index in [-0.39, 0.29) is 10.1 Å². The number of anilines is 1. The third-order valence-electron chi connectivity index (χ3n) is 5.18. The van der Waals surface area contributed by atoms with Crippen LogP contribution in [0.4, 0.5) is 5.69 Å². The van der Waals surface area contributed by atoms with Crippen molar-refractivity contribution in [3.05, 3.63) is 77.4 Å². The molecule has 1 amide bonds. The number of carbonyl (C=O) groups is 1. The quantitative estimate of drug-likeness (QED) is 0.591. The summed E-state index contributed by atoms with van der Waals surface area (Å²) >= 11 is 1.17. The fourth-order valence-corrected chi connectivity index (χ4v) is 5.56. The Morgan fingerprint density at radius 3 is 2.42 bits per heavy atom. The van der Waals surface area contributed by atoms with Crippen molar-refractivity contribution in [1.29, 1.82) is 0 Å². The highest BCUT2D eigenvalue weighted by molar-refractivity contribution is 7.94. The monoisotopic (exact) mass is 456 g/mol. The normalized spacial score (nSPS) is 15.0. The first kappa shape index (κ1) is 21.5. The zero-order valence-corrected chi connectivity index (χ0v) is 18.6. The lowest BCUT2D eigenvalue weighted by molar-refractivity contribution is -0.132. The maximum absolute atomic E-state index is 12.7. The lowest BCUT2D eigenvalue weighted by atomic mass is 10.1. The van der Waals surface area contributed by atoms with E-state index >= 15 is 0 Å². The molecule has 162 valence electrons. The SMILES string of the molecule is O=C(Cc1ccc(NS(=O)(=O)c2cccs2)cc1)N1CCN(Cc2cccnc2)CC1. The van der Waals surface area contributed by atoms with Gasteiger partial charge >= 0.3 is 0 Å². The van der Waals surface area contributed by atoms with Gasteiger partial charge in [-0.1, -0.05) is 24.3 Å². The van der Waals surface area contributed by atoms with Crippen LogP contribution in [0, 0.1) is 0 Å². The minimum Gasteiger partial charge on any atom is -0.340 e. The molecule has 1 saturated heterocycles. The number of pyridine rings is 1. The fraction of sp³-hybridized carbons (Fsp3) is 0.273. The minimum absolute atomic E-state index is 0.0907. The van der Waals surface area contributed by atoms with E-state index in [4.69, 9.17) is 0 Å². The second-order valence-corrected chi connectivity index (χ2v) is 10.3. The molecule has 1 N–H and O–H groups in total. The molecular formula is C22H24N4O3S2. The number of benzene rings is 1. The Labute approximate surface area is 186 Å². The summed E-state index contributed by atoms with van der Waals surface area (Å²) in [4.78, 5) is 21.1. The Bertz CT molecular complexity index is 1090. The molecular weight excluding hydrogens is 432 g/mol. The largest absolute Gasteiger partial charge is 0.340 e. The zero-order valence-electron chi connectivity index (χ0n) is 17.0. The van der Waals surface area contributed by atoms with Crippen molar-refractivity contribution in [1.82, 2.24) is 14.8 Å². The molecule has 1 aliphatic heterocycles. The second kappa shape index (κ2) is 9.59. The number of carbonyl (C=O) groups excluding carboxylic acids is 1. The Kier molecular flexibility index (Phi) is 6.64. The number of thiophene rings is 1. The highest BCUT2D eigenvalue weighted by atomic mass is 32.2. The van der Waals surface area contributed by atoms with Crippen molar-refractivity contribution < 1.29 is 13.2 Å². The van der Waals surface area contributed by atoms with E-state index in [0.717, 1.165) is 25.2 Å². The lowest BCUT2D eigenvalue weighted by Gasteiger charge is -2.34. The van der Waals surface area contributed by atoms with E-state index < -0.39 is 10.0 Å². The average Bonchev–Trinajstić information content (AvgIpc) is 3.32. The summed E-state index contributed by atoms with van der Waals surface area (Å²) in [5, 5.41) is 1.72. The molecule has 1 fully saturated rings. The first-order valence-corrected chi connectivity index (χ1v) is 12.4. The van der Waals surface area contributed by atoms with Gasteiger partial charge in [0.25, 0.3) is 10.0 Å². The molecule has 0 radical (unpaired) electrons. The number of amides is 1. The number of nitrogens with zero attached hydrogens (tertiary/aromatic N) is 3. The standard InChI is InChI=1S/C22H24N4O3S2/c27-21(26-12-10-25(11-13-26)17-19-3-1-9-23-16-19)15-18-5-7-20(8-6-18)24-31(28,29)22-4-2-14-30-22/h1-9,14,16,24H,10-13,15,17H2. The number of hydrogen-bond acceptors (Lipinski definition) is 6. The number of hydrogen-bond donors (Lipinski definition) is 1. The lowest BCUT2D eigenvalue weighted by Crippen LogP contribution is -2.48. The molecule has 3 aromatic rings. The van der Waals surface area contributed by atoms with Gasteiger partial charge in [0, 0.05) is 50.8 Å². The van der Waals surface area contributed by atoms with E-state index in [1.165, 1.54) is 16.9 Å². The first-order valence-electron chi connectivity index (χ1n) is 10.0. The minimum atomic E-state index is -3.57. The van der Waals surface area contributed by atoms with E-state index in [1.807, 2.05) is 17.2 Å². The van der Waals surface area contributed by atoms with Gasteiger partial charge in [-0.2, -0.15) is 0 Å². The van der Waals surface area contributed by atoms with Gasteiger partial charge in [-0.05, 0) is 40.8 Å². The van der Waals surface area contributed by atoms with Gasteiger partial charge in [0.05, 0.1) is 6.42 Å². The van der Waals surface area contributed by atoms with E-state index in [9.17, 15) is 13.2 Å². The Morgan fingerprint density at radius 1 is 1.00 bits per heavy atom. The summed E-state index contributed by atoms with van der Waals surface area (Å²) < 4.78 is 27.4. The summed E-state index contributed by atoms with van der Waals surface area (Å²) in [5.74, 6) is 0.0907. The van der Waals surface area contributed by atoms with Crippen LogP contribution in [0.5, 0.6) is 0 Å². The summed E-state index contributed by atoms with van der Waals surface area (Å²) in [6, 6.07) is 14.2. The molecule has 0 atom stereocenters. The molecule has 0 unspecified atom stereocenters. The van der Waals surface area contributed by atoms with Crippen LogP contribution in [0.25, 0.3) is 0 Å². The van der Waals surface area contributed by atoms with E-state index in [1.54, 1.807) is 48.0 Å². The molecule has 1 aliphatic rings. The van der Waals surface area contributed by atoms with Crippen LogP contribution in [-0.2, 0) is 27.8 Å². The van der Waals surface area contributed by atoms with Crippen LogP contribution >= 0.6 is 11.3 Å². The number of rotatable bonds is 7. The number of piperazine rings is 1. The molecule has 31 heavy (non-hydrogen) atoms. The van der Waals surface area contributed by atoms with E-state index in [2.05, 4.69) is 20.7 Å². The fourth-order valence-electron chi connectivity index (χ4n) is 3.50. The number of sulfonamides is 1. The van der Waals surface area contributed by atoms with Crippen LogP contribution in [0.1, 0.15) is 11.1 Å². The second-order valence-electron chi connectivity index (χ2n) is 7.43. The number of aromatic nitrogens is 1. The highest BCUT2D eigenvalue weighted by Gasteiger charge is 2.21. The molecule has 0 saturated carbocycles. The topological polar surface area (TPSA) is 82.6 Å². The van der Waals surface area contributed by atoms with Gasteiger partial charge in [0.2, 0.25) is 5.91 Å². The van der Waals surface area contributed by atoms with E-state index in [0.29, 0.717) is 25.2 Å². The first-order chi connectivity index (χ1) is 15.0. The molecule has 4 rings (SSSR count). The highest BCUT2D eigenvalue weighted by Crippen LogP contribution is 2.20. The average molecular weight is 457 g/mol. The third kappa shape index (κ3) is 5.69. The van der Waals surface area contributed by atoms with Crippen molar-refractivity contribution >= 4 is 33.0 Å². The predicted octanol–water partition coefficient (Wildman–Crippen LogP) is 2.83. The van der Waals surface area contributed by atoms with Gasteiger partial charge < -0.3 is 4.90 Å². The van der Waals surface area contributed by atoms with Gasteiger partial charge in [-0.25, -0.2) is 8.42 Å². The molecule has 0 aliphatic carbocycles. The molecule has 9 heteroatoms. The maximum Gasteiger partial charge on any atom is 0.271 e. The summed E-state index contributed by atoms with van der Waals surface area (Å²) in [6.07, 6.45) is 3.95. The van der Waals surface area contributed by atoms with Gasteiger partial charge in [-0.15, -0.1) is 11.3 Å². The van der Waals surface area contributed by atoms with Crippen LogP contribution in [0.2, 0.25) is 0 Å². The van der Waals surface area contributed by atoms with Crippen LogP contribution < -0.4 is 4.72 Å². The Balaban J connectivity index is 1.27. The molecule has 1 aromatic carbocycles. The molecule has 0 spiro atoms. The van der Waals surface area contributed by atoms with Crippen LogP contribution in [-0.4, -0.2) is 55.3 Å². The third-order valence-corrected chi connectivity index (χ3v) is 7.95. The summed E-state index contributed by atoms with van der Waals surface area (Å²) in [7, 11) is -3.57. The maximum atomic E-state index is 12.7. The van der Waals surface area contributed by atoms with Crippen LogP contribution in [0.15, 0.2) is 70.5 Å². The van der Waals surface area contributed by atoms with Crippen molar-refractivity contribution in [2.45, 2.75) is 17.2 Å². The van der Waals surface area contributed by atoms with Crippen LogP contribution in [0.3, 0.4) is 0 Å². The summed E-state index contributed by atoms with van der Waals surface area (Å²) in [6.45, 7) is 3.93. The predicted molar refractivity (Wildman–Crippen MR) is 121 cm³/mol. The van der Waals surface area contributed by atoms with Crippen molar-refractivity contribution in [3.63, 3.8) is 0 Å². The Morgan fingerprint density at radius 2 is 1.77 bits per heavy atom. The van der Waals surface area contributed by atoms with Gasteiger partial charge in [0.15, 0.2) is 0 Å². The zero-order chi connectivity index (χ0) is 21.7. The van der Waals surface area contributed by atoms with Crippen molar-refractivity contribution in [3.8, 4) is 0 Å². The van der Waals surface area contributed by atoms with Crippen molar-refractivity contribution in [2.75, 3.05) is 30.9 Å². The van der Waals surface area contributed by atoms with Gasteiger partial charge in [-0.3, -0.25) is 19.4 Å². The Hall–Kier alpha value is -2.75. The number of nitrogens with one attached hydrogen (secondary N) is 1.